The number of hydrogen-bond donors (Lipinski definition) is 0. The number of rotatable bonds is 4. The monoisotopic (exact) mass is 338 g/mol. The summed E-state index contributed by atoms with van der Waals surface area (Å²) in [5.74, 6) is 0.544. The van der Waals surface area contributed by atoms with Gasteiger partial charge in [0.15, 0.2) is 0 Å². The van der Waals surface area contributed by atoms with Crippen molar-refractivity contribution >= 4 is 16.9 Å². The maximum absolute atomic E-state index is 12.3. The van der Waals surface area contributed by atoms with Gasteiger partial charge in [-0.25, -0.2) is 9.59 Å². The van der Waals surface area contributed by atoms with E-state index in [1.165, 1.54) is 13.2 Å². The van der Waals surface area contributed by atoms with Crippen LogP contribution in [0.2, 0.25) is 0 Å². The molecule has 0 amide bonds. The van der Waals surface area contributed by atoms with Gasteiger partial charge in [0.05, 0.1) is 12.7 Å². The summed E-state index contributed by atoms with van der Waals surface area (Å²) < 4.78 is 15.7. The first-order chi connectivity index (χ1) is 12.0. The van der Waals surface area contributed by atoms with E-state index in [4.69, 9.17) is 13.9 Å². The predicted octanol–water partition coefficient (Wildman–Crippen LogP) is 4.14. The van der Waals surface area contributed by atoms with Crippen LogP contribution in [0, 0.1) is 0 Å². The molecular formula is C20H18O5. The lowest BCUT2D eigenvalue weighted by Crippen LogP contribution is -2.09. The lowest BCUT2D eigenvalue weighted by atomic mass is 10.00. The van der Waals surface area contributed by atoms with Gasteiger partial charge in [0, 0.05) is 17.5 Å². The number of hydrogen-bond acceptors (Lipinski definition) is 5. The van der Waals surface area contributed by atoms with Gasteiger partial charge in [0.1, 0.15) is 17.1 Å². The molecule has 1 aromatic heterocycles. The molecule has 3 rings (SSSR count). The SMILES string of the molecule is COc1cccc(C(=O)Oc2ccc3c(C(C)C)cc(=O)oc3c2)c1. The molecule has 3 aromatic rings. The van der Waals surface area contributed by atoms with E-state index in [1.54, 1.807) is 42.5 Å². The Morgan fingerprint density at radius 3 is 2.56 bits per heavy atom. The molecule has 0 aliphatic carbocycles. The first kappa shape index (κ1) is 16.8. The fraction of sp³-hybridized carbons (Fsp3) is 0.200. The zero-order chi connectivity index (χ0) is 18.0. The average molecular weight is 338 g/mol. The molecule has 0 atom stereocenters. The van der Waals surface area contributed by atoms with E-state index in [0.717, 1.165) is 10.9 Å². The summed E-state index contributed by atoms with van der Waals surface area (Å²) in [6.45, 7) is 4.01. The third kappa shape index (κ3) is 3.55. The summed E-state index contributed by atoms with van der Waals surface area (Å²) in [6.07, 6.45) is 0. The van der Waals surface area contributed by atoms with Crippen LogP contribution in [0.4, 0.5) is 0 Å². The smallest absolute Gasteiger partial charge is 0.343 e. The molecular weight excluding hydrogens is 320 g/mol. The van der Waals surface area contributed by atoms with Gasteiger partial charge in [-0.15, -0.1) is 0 Å². The van der Waals surface area contributed by atoms with E-state index in [2.05, 4.69) is 0 Å². The predicted molar refractivity (Wildman–Crippen MR) is 94.5 cm³/mol. The second-order valence-electron chi connectivity index (χ2n) is 5.95. The van der Waals surface area contributed by atoms with Crippen molar-refractivity contribution in [3.05, 3.63) is 70.1 Å². The largest absolute Gasteiger partial charge is 0.497 e. The summed E-state index contributed by atoms with van der Waals surface area (Å²) in [5, 5.41) is 0.829. The topological polar surface area (TPSA) is 65.7 Å². The minimum atomic E-state index is -0.513. The third-order valence-electron chi connectivity index (χ3n) is 3.89. The minimum Gasteiger partial charge on any atom is -0.497 e. The number of carbonyl (C=O) groups is 1. The van der Waals surface area contributed by atoms with Crippen LogP contribution in [-0.2, 0) is 0 Å². The van der Waals surface area contributed by atoms with Crippen molar-refractivity contribution in [1.29, 1.82) is 0 Å². The van der Waals surface area contributed by atoms with Crippen LogP contribution < -0.4 is 15.1 Å². The van der Waals surface area contributed by atoms with Crippen molar-refractivity contribution in [2.45, 2.75) is 19.8 Å². The molecule has 1 heterocycles. The van der Waals surface area contributed by atoms with Gasteiger partial charge in [-0.1, -0.05) is 19.9 Å². The molecule has 0 bridgehead atoms. The number of benzene rings is 2. The van der Waals surface area contributed by atoms with Crippen LogP contribution in [0.25, 0.3) is 11.0 Å². The molecule has 5 heteroatoms. The molecule has 0 unspecified atom stereocenters. The minimum absolute atomic E-state index is 0.178. The Balaban J connectivity index is 1.94. The normalized spacial score (nSPS) is 10.9. The molecule has 25 heavy (non-hydrogen) atoms. The highest BCUT2D eigenvalue weighted by molar-refractivity contribution is 5.92. The van der Waals surface area contributed by atoms with Gasteiger partial charge in [-0.3, -0.25) is 0 Å². The number of methoxy groups -OCH3 is 1. The standard InChI is InChI=1S/C20H18O5/c1-12(2)17-11-19(21)25-18-10-15(7-8-16(17)18)24-20(22)13-5-4-6-14(9-13)23-3/h4-12H,1-3H3. The van der Waals surface area contributed by atoms with Crippen molar-refractivity contribution in [3.8, 4) is 11.5 Å². The summed E-state index contributed by atoms with van der Waals surface area (Å²) in [4.78, 5) is 24.0. The summed E-state index contributed by atoms with van der Waals surface area (Å²) in [6, 6.07) is 13.2. The molecule has 0 fully saturated rings. The van der Waals surface area contributed by atoms with Crippen molar-refractivity contribution in [2.75, 3.05) is 7.11 Å². The summed E-state index contributed by atoms with van der Waals surface area (Å²) >= 11 is 0. The van der Waals surface area contributed by atoms with Gasteiger partial charge in [-0.05, 0) is 41.8 Å². The quantitative estimate of drug-likeness (QED) is 0.406. The second kappa shape index (κ2) is 6.81. The Kier molecular flexibility index (Phi) is 4.57. The Morgan fingerprint density at radius 2 is 1.84 bits per heavy atom. The lowest BCUT2D eigenvalue weighted by Gasteiger charge is -2.10. The third-order valence-corrected chi connectivity index (χ3v) is 3.89. The Bertz CT molecular complexity index is 985. The summed E-state index contributed by atoms with van der Waals surface area (Å²) in [7, 11) is 1.53. The molecule has 0 saturated heterocycles. The van der Waals surface area contributed by atoms with Gasteiger partial charge in [-0.2, -0.15) is 0 Å². The van der Waals surface area contributed by atoms with Crippen molar-refractivity contribution in [3.63, 3.8) is 0 Å². The fourth-order valence-corrected chi connectivity index (χ4v) is 2.63. The van der Waals surface area contributed by atoms with Crippen molar-refractivity contribution < 1.29 is 18.7 Å². The lowest BCUT2D eigenvalue weighted by molar-refractivity contribution is 0.0734. The Morgan fingerprint density at radius 1 is 1.04 bits per heavy atom. The molecule has 0 spiro atoms. The van der Waals surface area contributed by atoms with E-state index in [0.29, 0.717) is 22.6 Å². The zero-order valence-corrected chi connectivity index (χ0v) is 14.2. The maximum atomic E-state index is 12.3. The van der Waals surface area contributed by atoms with Crippen molar-refractivity contribution in [2.24, 2.45) is 0 Å². The highest BCUT2D eigenvalue weighted by Gasteiger charge is 2.13. The fourth-order valence-electron chi connectivity index (χ4n) is 2.63. The van der Waals surface area contributed by atoms with Gasteiger partial charge >= 0.3 is 11.6 Å². The van der Waals surface area contributed by atoms with Crippen LogP contribution in [0.3, 0.4) is 0 Å². The van der Waals surface area contributed by atoms with E-state index in [9.17, 15) is 9.59 Å². The summed E-state index contributed by atoms with van der Waals surface area (Å²) in [5.41, 5.74) is 1.24. The van der Waals surface area contributed by atoms with E-state index in [1.807, 2.05) is 13.8 Å². The number of esters is 1. The van der Waals surface area contributed by atoms with E-state index >= 15 is 0 Å². The molecule has 128 valence electrons. The highest BCUT2D eigenvalue weighted by atomic mass is 16.5. The first-order valence-electron chi connectivity index (χ1n) is 7.92. The van der Waals surface area contributed by atoms with Gasteiger partial charge < -0.3 is 13.9 Å². The van der Waals surface area contributed by atoms with Crippen molar-refractivity contribution in [1.82, 2.24) is 0 Å². The molecule has 5 nitrogen and oxygen atoms in total. The molecule has 0 radical (unpaired) electrons. The van der Waals surface area contributed by atoms with Crippen LogP contribution >= 0.6 is 0 Å². The number of carbonyl (C=O) groups excluding carboxylic acids is 1. The molecule has 0 saturated carbocycles. The molecule has 0 aliphatic rings. The van der Waals surface area contributed by atoms with Crippen LogP contribution in [-0.4, -0.2) is 13.1 Å². The van der Waals surface area contributed by atoms with E-state index < -0.39 is 11.6 Å². The average Bonchev–Trinajstić information content (AvgIpc) is 2.60. The zero-order valence-electron chi connectivity index (χ0n) is 14.2. The Hall–Kier alpha value is -3.08. The second-order valence-corrected chi connectivity index (χ2v) is 5.95. The van der Waals surface area contributed by atoms with Gasteiger partial charge in [0.25, 0.3) is 0 Å². The molecule has 0 aliphatic heterocycles. The number of ether oxygens (including phenoxy) is 2. The van der Waals surface area contributed by atoms with E-state index in [-0.39, 0.29) is 5.92 Å². The van der Waals surface area contributed by atoms with Gasteiger partial charge in [0.2, 0.25) is 0 Å². The van der Waals surface area contributed by atoms with Crippen LogP contribution in [0.1, 0.15) is 35.7 Å². The van der Waals surface area contributed by atoms with Crippen LogP contribution in [0.15, 0.2) is 57.7 Å². The Labute approximate surface area is 144 Å². The molecule has 0 N–H and O–H groups in total. The highest BCUT2D eigenvalue weighted by Crippen LogP contribution is 2.27. The molecule has 2 aromatic carbocycles. The van der Waals surface area contributed by atoms with Crippen LogP contribution in [0.5, 0.6) is 11.5 Å². The number of fused-ring (bicyclic) bond motifs is 1. The first-order valence-corrected chi connectivity index (χ1v) is 7.92. The maximum Gasteiger partial charge on any atom is 0.343 e.